The van der Waals surface area contributed by atoms with Gasteiger partial charge >= 0.3 is 5.97 Å². The molecule has 16 heavy (non-hydrogen) atoms. The molecular weight excluding hydrogens is 212 g/mol. The number of aliphatic carboxylic acids is 1. The molecular formula is C9H14N4O3. The van der Waals surface area contributed by atoms with E-state index in [1.165, 1.54) is 4.68 Å². The number of nitrogens with one attached hydrogen (secondary N) is 1. The van der Waals surface area contributed by atoms with Crippen LogP contribution in [0.1, 0.15) is 12.8 Å². The number of rotatable bonds is 5. The van der Waals surface area contributed by atoms with Crippen LogP contribution in [-0.2, 0) is 16.6 Å². The van der Waals surface area contributed by atoms with Gasteiger partial charge in [-0.2, -0.15) is 5.10 Å². The summed E-state index contributed by atoms with van der Waals surface area (Å²) in [4.78, 5) is 21.8. The number of anilines is 1. The highest BCUT2D eigenvalue weighted by atomic mass is 16.4. The van der Waals surface area contributed by atoms with Crippen molar-refractivity contribution in [3.63, 3.8) is 0 Å². The minimum atomic E-state index is -0.969. The SMILES string of the molecule is Cn1nccc1NC(=O)C(N)CCC(=O)O. The zero-order valence-corrected chi connectivity index (χ0v) is 8.88. The van der Waals surface area contributed by atoms with Crippen molar-refractivity contribution in [2.45, 2.75) is 18.9 Å². The van der Waals surface area contributed by atoms with Crippen LogP contribution in [0.4, 0.5) is 5.82 Å². The largest absolute Gasteiger partial charge is 0.481 e. The van der Waals surface area contributed by atoms with Crippen molar-refractivity contribution in [2.75, 3.05) is 5.32 Å². The van der Waals surface area contributed by atoms with Gasteiger partial charge in [0.2, 0.25) is 5.91 Å². The van der Waals surface area contributed by atoms with Crippen LogP contribution in [0.5, 0.6) is 0 Å². The smallest absolute Gasteiger partial charge is 0.303 e. The molecule has 88 valence electrons. The highest BCUT2D eigenvalue weighted by molar-refractivity contribution is 5.94. The van der Waals surface area contributed by atoms with Crippen LogP contribution < -0.4 is 11.1 Å². The van der Waals surface area contributed by atoms with Crippen LogP contribution in [0.3, 0.4) is 0 Å². The average molecular weight is 226 g/mol. The number of hydrogen-bond acceptors (Lipinski definition) is 4. The van der Waals surface area contributed by atoms with Gasteiger partial charge in [0.15, 0.2) is 0 Å². The van der Waals surface area contributed by atoms with Gasteiger partial charge in [-0.25, -0.2) is 0 Å². The number of aromatic nitrogens is 2. The third-order valence-electron chi connectivity index (χ3n) is 2.08. The summed E-state index contributed by atoms with van der Waals surface area (Å²) in [5.74, 6) is -0.857. The van der Waals surface area contributed by atoms with E-state index in [9.17, 15) is 9.59 Å². The molecule has 0 spiro atoms. The molecule has 0 aromatic carbocycles. The van der Waals surface area contributed by atoms with Gasteiger partial charge in [0.1, 0.15) is 5.82 Å². The molecule has 1 aromatic rings. The normalized spacial score (nSPS) is 12.1. The fourth-order valence-electron chi connectivity index (χ4n) is 1.13. The van der Waals surface area contributed by atoms with Crippen LogP contribution >= 0.6 is 0 Å². The Hall–Kier alpha value is -1.89. The van der Waals surface area contributed by atoms with Gasteiger partial charge in [-0.3, -0.25) is 14.3 Å². The lowest BCUT2D eigenvalue weighted by molar-refractivity contribution is -0.137. The van der Waals surface area contributed by atoms with Crippen molar-refractivity contribution >= 4 is 17.7 Å². The molecule has 1 amide bonds. The number of carboxylic acids is 1. The van der Waals surface area contributed by atoms with Gasteiger partial charge < -0.3 is 16.2 Å². The molecule has 4 N–H and O–H groups in total. The zero-order valence-electron chi connectivity index (χ0n) is 8.88. The van der Waals surface area contributed by atoms with E-state index in [4.69, 9.17) is 10.8 Å². The monoisotopic (exact) mass is 226 g/mol. The minimum absolute atomic E-state index is 0.110. The second-order valence-electron chi connectivity index (χ2n) is 3.37. The van der Waals surface area contributed by atoms with Gasteiger partial charge in [0.05, 0.1) is 12.2 Å². The van der Waals surface area contributed by atoms with Gasteiger partial charge in [-0.05, 0) is 6.42 Å². The molecule has 0 fully saturated rings. The Morgan fingerprint density at radius 3 is 2.88 bits per heavy atom. The molecule has 7 nitrogen and oxygen atoms in total. The lowest BCUT2D eigenvalue weighted by Crippen LogP contribution is -2.36. The van der Waals surface area contributed by atoms with Crippen molar-refractivity contribution in [1.29, 1.82) is 0 Å². The fourth-order valence-corrected chi connectivity index (χ4v) is 1.13. The molecule has 7 heteroatoms. The lowest BCUT2D eigenvalue weighted by Gasteiger charge is -2.10. The first-order valence-corrected chi connectivity index (χ1v) is 4.77. The van der Waals surface area contributed by atoms with Crippen molar-refractivity contribution in [3.8, 4) is 0 Å². The number of carboxylic acid groups (broad SMARTS) is 1. The molecule has 1 unspecified atom stereocenters. The highest BCUT2D eigenvalue weighted by Crippen LogP contribution is 2.05. The van der Waals surface area contributed by atoms with Crippen molar-refractivity contribution < 1.29 is 14.7 Å². The summed E-state index contributed by atoms with van der Waals surface area (Å²) in [5, 5.41) is 14.9. The Bertz CT molecular complexity index is 388. The van der Waals surface area contributed by atoms with Crippen molar-refractivity contribution in [1.82, 2.24) is 9.78 Å². The standard InChI is InChI=1S/C9H14N4O3/c1-13-7(4-5-11-13)12-9(16)6(10)2-3-8(14)15/h4-6H,2-3,10H2,1H3,(H,12,16)(H,14,15). The minimum Gasteiger partial charge on any atom is -0.481 e. The summed E-state index contributed by atoms with van der Waals surface area (Å²) in [6.45, 7) is 0. The molecule has 1 atom stereocenters. The van der Waals surface area contributed by atoms with Gasteiger partial charge in [-0.1, -0.05) is 0 Å². The summed E-state index contributed by atoms with van der Waals surface area (Å²) in [6, 6.07) is 0.799. The molecule has 0 aliphatic carbocycles. The number of carbonyl (C=O) groups excluding carboxylic acids is 1. The first kappa shape index (κ1) is 12.2. The third-order valence-corrected chi connectivity index (χ3v) is 2.08. The highest BCUT2D eigenvalue weighted by Gasteiger charge is 2.15. The molecule has 0 radical (unpaired) electrons. The van der Waals surface area contributed by atoms with E-state index >= 15 is 0 Å². The second-order valence-corrected chi connectivity index (χ2v) is 3.37. The van der Waals surface area contributed by atoms with E-state index in [2.05, 4.69) is 10.4 Å². The number of nitrogens with zero attached hydrogens (tertiary/aromatic N) is 2. The summed E-state index contributed by atoms with van der Waals surface area (Å²) >= 11 is 0. The van der Waals surface area contributed by atoms with Crippen LogP contribution in [0.15, 0.2) is 12.3 Å². The van der Waals surface area contributed by atoms with Crippen LogP contribution in [0, 0.1) is 0 Å². The molecule has 1 heterocycles. The number of nitrogens with two attached hydrogens (primary N) is 1. The van der Waals surface area contributed by atoms with Crippen LogP contribution in [-0.4, -0.2) is 32.8 Å². The zero-order chi connectivity index (χ0) is 12.1. The number of hydrogen-bond donors (Lipinski definition) is 3. The van der Waals surface area contributed by atoms with Gasteiger partial charge in [0.25, 0.3) is 0 Å². The van der Waals surface area contributed by atoms with Gasteiger partial charge in [0, 0.05) is 19.5 Å². The predicted molar refractivity (Wildman–Crippen MR) is 56.7 cm³/mol. The van der Waals surface area contributed by atoms with Gasteiger partial charge in [-0.15, -0.1) is 0 Å². The number of carbonyl (C=O) groups is 2. The molecule has 0 saturated heterocycles. The lowest BCUT2D eigenvalue weighted by atomic mass is 10.1. The molecule has 1 aromatic heterocycles. The summed E-state index contributed by atoms with van der Waals surface area (Å²) in [5.41, 5.74) is 5.53. The predicted octanol–water partition coefficient (Wildman–Crippen LogP) is -0.449. The van der Waals surface area contributed by atoms with E-state index in [-0.39, 0.29) is 12.8 Å². The Morgan fingerprint density at radius 1 is 1.69 bits per heavy atom. The maximum atomic E-state index is 11.5. The van der Waals surface area contributed by atoms with E-state index < -0.39 is 17.9 Å². The summed E-state index contributed by atoms with van der Waals surface area (Å²) < 4.78 is 1.49. The quantitative estimate of drug-likeness (QED) is 0.629. The van der Waals surface area contributed by atoms with E-state index in [1.54, 1.807) is 19.3 Å². The Morgan fingerprint density at radius 2 is 2.38 bits per heavy atom. The van der Waals surface area contributed by atoms with E-state index in [0.29, 0.717) is 5.82 Å². The summed E-state index contributed by atoms with van der Waals surface area (Å²) in [6.07, 6.45) is 1.53. The second kappa shape index (κ2) is 5.26. The van der Waals surface area contributed by atoms with E-state index in [1.807, 2.05) is 0 Å². The molecule has 0 aliphatic rings. The van der Waals surface area contributed by atoms with Crippen molar-refractivity contribution in [3.05, 3.63) is 12.3 Å². The summed E-state index contributed by atoms with van der Waals surface area (Å²) in [7, 11) is 1.68. The molecule has 0 aliphatic heterocycles. The van der Waals surface area contributed by atoms with E-state index in [0.717, 1.165) is 0 Å². The molecule has 0 bridgehead atoms. The fraction of sp³-hybridized carbons (Fsp3) is 0.444. The topological polar surface area (TPSA) is 110 Å². The Labute approximate surface area is 92.2 Å². The first-order chi connectivity index (χ1) is 7.50. The third kappa shape index (κ3) is 3.35. The number of amides is 1. The first-order valence-electron chi connectivity index (χ1n) is 4.77. The Kier molecular flexibility index (Phi) is 4.01. The van der Waals surface area contributed by atoms with Crippen molar-refractivity contribution in [2.24, 2.45) is 12.8 Å². The Balaban J connectivity index is 2.46. The average Bonchev–Trinajstić information content (AvgIpc) is 2.60. The maximum Gasteiger partial charge on any atom is 0.303 e. The van der Waals surface area contributed by atoms with Crippen LogP contribution in [0.25, 0.3) is 0 Å². The maximum absolute atomic E-state index is 11.5. The van der Waals surface area contributed by atoms with Crippen LogP contribution in [0.2, 0.25) is 0 Å². The number of aryl methyl sites for hydroxylation is 1. The molecule has 0 saturated carbocycles. The molecule has 1 rings (SSSR count).